The van der Waals surface area contributed by atoms with Crippen LogP contribution in [0.2, 0.25) is 0 Å². The van der Waals surface area contributed by atoms with Crippen molar-refractivity contribution in [3.05, 3.63) is 65.3 Å². The van der Waals surface area contributed by atoms with Gasteiger partial charge in [-0.1, -0.05) is 24.3 Å². The van der Waals surface area contributed by atoms with E-state index in [1.54, 1.807) is 11.3 Å². The normalized spacial score (nSPS) is 16.4. The lowest BCUT2D eigenvalue weighted by molar-refractivity contribution is -0.137. The quantitative estimate of drug-likeness (QED) is 0.648. The molecule has 3 aromatic rings. The van der Waals surface area contributed by atoms with Gasteiger partial charge in [-0.15, -0.1) is 11.3 Å². The molecule has 0 radical (unpaired) electrons. The van der Waals surface area contributed by atoms with Crippen LogP contribution in [0, 0.1) is 6.92 Å². The Morgan fingerprint density at radius 2 is 2.10 bits per heavy atom. The van der Waals surface area contributed by atoms with E-state index in [1.165, 1.54) is 0 Å². The van der Waals surface area contributed by atoms with Gasteiger partial charge in [0.15, 0.2) is 5.13 Å². The van der Waals surface area contributed by atoms with Gasteiger partial charge in [0.25, 0.3) is 0 Å². The molecule has 0 spiro atoms. The van der Waals surface area contributed by atoms with Crippen LogP contribution < -0.4 is 10.6 Å². The van der Waals surface area contributed by atoms with E-state index in [-0.39, 0.29) is 18.6 Å². The van der Waals surface area contributed by atoms with Gasteiger partial charge in [-0.05, 0) is 31.2 Å². The number of hydrogen-bond donors (Lipinski definition) is 2. The minimum atomic E-state index is -0.246. The summed E-state index contributed by atoms with van der Waals surface area (Å²) in [5.74, 6) is 0.768. The number of carbonyl (C=O) groups excluding carboxylic acids is 1. The minimum absolute atomic E-state index is 0.0506. The number of rotatable bonds is 6. The van der Waals surface area contributed by atoms with Gasteiger partial charge in [0, 0.05) is 23.3 Å². The fourth-order valence-corrected chi connectivity index (χ4v) is 3.79. The van der Waals surface area contributed by atoms with Gasteiger partial charge >= 0.3 is 0 Å². The predicted molar refractivity (Wildman–Crippen MR) is 115 cm³/mol. The molecule has 8 heteroatoms. The zero-order chi connectivity index (χ0) is 20.1. The fourth-order valence-electron chi connectivity index (χ4n) is 3.12. The highest BCUT2D eigenvalue weighted by Crippen LogP contribution is 2.25. The highest BCUT2D eigenvalue weighted by Gasteiger charge is 2.26. The molecule has 1 saturated heterocycles. The summed E-state index contributed by atoms with van der Waals surface area (Å²) >= 11 is 1.58. The van der Waals surface area contributed by atoms with Crippen LogP contribution in [0.15, 0.2) is 54.7 Å². The van der Waals surface area contributed by atoms with Crippen LogP contribution in [0.25, 0.3) is 0 Å². The van der Waals surface area contributed by atoms with Gasteiger partial charge in [-0.3, -0.25) is 4.79 Å². The number of ether oxygens (including phenoxy) is 1. The number of para-hydroxylation sites is 1. The third-order valence-corrected chi connectivity index (χ3v) is 5.42. The Balaban J connectivity index is 1.37. The predicted octanol–water partition coefficient (Wildman–Crippen LogP) is 3.60. The van der Waals surface area contributed by atoms with E-state index in [2.05, 4.69) is 20.6 Å². The van der Waals surface area contributed by atoms with E-state index in [0.29, 0.717) is 19.7 Å². The fraction of sp³-hybridized carbons (Fsp3) is 0.286. The minimum Gasteiger partial charge on any atom is -0.376 e. The molecule has 1 aliphatic heterocycles. The number of anilines is 3. The number of carbonyl (C=O) groups is 1. The maximum atomic E-state index is 12.6. The van der Waals surface area contributed by atoms with Crippen molar-refractivity contribution in [1.29, 1.82) is 0 Å². The molecule has 1 atom stereocenters. The van der Waals surface area contributed by atoms with Crippen molar-refractivity contribution < 1.29 is 9.53 Å². The number of amides is 1. The zero-order valence-electron chi connectivity index (χ0n) is 16.2. The summed E-state index contributed by atoms with van der Waals surface area (Å²) in [6, 6.07) is 15.5. The number of nitrogens with one attached hydrogen (secondary N) is 2. The topological polar surface area (TPSA) is 79.4 Å². The summed E-state index contributed by atoms with van der Waals surface area (Å²) in [4.78, 5) is 24.6. The molecule has 3 heterocycles. The number of aryl methyl sites for hydroxylation is 1. The average Bonchev–Trinajstić information content (AvgIpc) is 3.17. The Morgan fingerprint density at radius 1 is 1.24 bits per heavy atom. The smallest absolute Gasteiger partial charge is 0.242 e. The van der Waals surface area contributed by atoms with Crippen molar-refractivity contribution in [1.82, 2.24) is 14.9 Å². The largest absolute Gasteiger partial charge is 0.376 e. The second-order valence-corrected chi connectivity index (χ2v) is 8.00. The highest BCUT2D eigenvalue weighted by atomic mass is 32.1. The van der Waals surface area contributed by atoms with Gasteiger partial charge in [0.05, 0.1) is 25.4 Å². The molecule has 1 unspecified atom stereocenters. The summed E-state index contributed by atoms with van der Waals surface area (Å²) in [5, 5.41) is 7.20. The highest BCUT2D eigenvalue weighted by molar-refractivity contribution is 7.15. The lowest BCUT2D eigenvalue weighted by Crippen LogP contribution is -2.44. The maximum Gasteiger partial charge on any atom is 0.242 e. The van der Waals surface area contributed by atoms with E-state index in [1.807, 2.05) is 66.6 Å². The molecular weight excluding hydrogens is 386 g/mol. The number of hydrogen-bond acceptors (Lipinski definition) is 7. The Labute approximate surface area is 173 Å². The van der Waals surface area contributed by atoms with Gasteiger partial charge < -0.3 is 20.3 Å². The Hall–Kier alpha value is -2.97. The Bertz CT molecular complexity index is 962. The number of thiazole rings is 1. The van der Waals surface area contributed by atoms with Crippen LogP contribution in [0.3, 0.4) is 0 Å². The monoisotopic (exact) mass is 409 g/mol. The molecule has 1 amide bonds. The molecule has 150 valence electrons. The summed E-state index contributed by atoms with van der Waals surface area (Å²) in [5.41, 5.74) is 1.74. The maximum absolute atomic E-state index is 12.6. The Morgan fingerprint density at radius 3 is 2.90 bits per heavy atom. The number of morpholine rings is 1. The van der Waals surface area contributed by atoms with Gasteiger partial charge in [0.1, 0.15) is 11.9 Å². The van der Waals surface area contributed by atoms with Crippen LogP contribution in [0.1, 0.15) is 16.7 Å². The summed E-state index contributed by atoms with van der Waals surface area (Å²) in [7, 11) is 0. The van der Waals surface area contributed by atoms with Crippen LogP contribution in [0.5, 0.6) is 0 Å². The third-order valence-electron chi connectivity index (χ3n) is 4.59. The average molecular weight is 410 g/mol. The third kappa shape index (κ3) is 5.10. The summed E-state index contributed by atoms with van der Waals surface area (Å²) in [6.45, 7) is 3.84. The lowest BCUT2D eigenvalue weighted by Gasteiger charge is -2.33. The van der Waals surface area contributed by atoms with Gasteiger partial charge in [0.2, 0.25) is 5.91 Å². The molecular formula is C21H23N5O2S. The molecule has 0 saturated carbocycles. The molecule has 29 heavy (non-hydrogen) atoms. The number of aromatic nitrogens is 2. The Kier molecular flexibility index (Phi) is 6.02. The van der Waals surface area contributed by atoms with E-state index in [4.69, 9.17) is 4.74 Å². The zero-order valence-corrected chi connectivity index (χ0v) is 17.0. The van der Waals surface area contributed by atoms with Gasteiger partial charge in [-0.2, -0.15) is 0 Å². The molecule has 0 aliphatic carbocycles. The van der Waals surface area contributed by atoms with Crippen molar-refractivity contribution in [2.24, 2.45) is 0 Å². The first kappa shape index (κ1) is 19.4. The molecule has 1 aliphatic rings. The van der Waals surface area contributed by atoms with Crippen LogP contribution in [-0.2, 0) is 9.53 Å². The summed E-state index contributed by atoms with van der Waals surface area (Å²) < 4.78 is 5.90. The van der Waals surface area contributed by atoms with Crippen molar-refractivity contribution in [3.8, 4) is 0 Å². The van der Waals surface area contributed by atoms with Crippen molar-refractivity contribution in [2.75, 3.05) is 36.9 Å². The lowest BCUT2D eigenvalue weighted by atomic mass is 10.2. The molecule has 1 fully saturated rings. The number of nitrogens with zero attached hydrogens (tertiary/aromatic N) is 3. The van der Waals surface area contributed by atoms with E-state index in [9.17, 15) is 4.79 Å². The van der Waals surface area contributed by atoms with E-state index >= 15 is 0 Å². The van der Waals surface area contributed by atoms with E-state index in [0.717, 1.165) is 27.2 Å². The van der Waals surface area contributed by atoms with Crippen LogP contribution in [-0.4, -0.2) is 47.0 Å². The molecule has 7 nitrogen and oxygen atoms in total. The van der Waals surface area contributed by atoms with Crippen LogP contribution >= 0.6 is 11.3 Å². The molecule has 0 bridgehead atoms. The first-order valence-corrected chi connectivity index (χ1v) is 10.3. The first-order valence-electron chi connectivity index (χ1n) is 9.52. The molecule has 2 N–H and O–H groups in total. The molecule has 1 aromatic carbocycles. The second kappa shape index (κ2) is 9.02. The standard InChI is InChI=1S/C21H23N5O2S/c1-15-12-23-21(29-15)25-19-9-5-8-17(24-19)18-14-26(10-11-28-18)20(27)13-22-16-6-3-2-4-7-16/h2-9,12,18,22H,10-11,13-14H2,1H3,(H,23,24,25). The van der Waals surface area contributed by atoms with E-state index < -0.39 is 0 Å². The van der Waals surface area contributed by atoms with Crippen molar-refractivity contribution >= 4 is 33.9 Å². The van der Waals surface area contributed by atoms with Gasteiger partial charge in [-0.25, -0.2) is 9.97 Å². The molecule has 2 aromatic heterocycles. The second-order valence-electron chi connectivity index (χ2n) is 6.77. The van der Waals surface area contributed by atoms with Crippen LogP contribution in [0.4, 0.5) is 16.6 Å². The van der Waals surface area contributed by atoms with Crippen molar-refractivity contribution in [3.63, 3.8) is 0 Å². The molecule has 4 rings (SSSR count). The number of pyridine rings is 1. The first-order chi connectivity index (χ1) is 14.2. The number of benzene rings is 1. The summed E-state index contributed by atoms with van der Waals surface area (Å²) in [6.07, 6.45) is 1.58. The van der Waals surface area contributed by atoms with Crippen molar-refractivity contribution in [2.45, 2.75) is 13.0 Å². The SMILES string of the molecule is Cc1cnc(Nc2cccc(C3CN(C(=O)CNc4ccccc4)CCO3)n2)s1.